The number of fused-ring (bicyclic) bond motifs is 1. The second-order valence-electron chi connectivity index (χ2n) is 5.94. The summed E-state index contributed by atoms with van der Waals surface area (Å²) in [5.41, 5.74) is 2.73. The van der Waals surface area contributed by atoms with Gasteiger partial charge in [-0.15, -0.1) is 0 Å². The third-order valence-corrected chi connectivity index (χ3v) is 4.40. The van der Waals surface area contributed by atoms with E-state index in [2.05, 4.69) is 0 Å². The third kappa shape index (κ3) is 3.45. The number of amides is 1. The molecule has 1 heterocycles. The molecule has 5 heteroatoms. The van der Waals surface area contributed by atoms with Crippen LogP contribution in [0, 0.1) is 5.82 Å². The summed E-state index contributed by atoms with van der Waals surface area (Å²) in [4.78, 5) is 24.9. The van der Waals surface area contributed by atoms with Gasteiger partial charge in [0.05, 0.1) is 5.56 Å². The first-order valence-corrected chi connectivity index (χ1v) is 7.91. The molecule has 1 amide bonds. The number of hydrogen-bond donors (Lipinski definition) is 1. The topological polar surface area (TPSA) is 57.6 Å². The number of aryl methyl sites for hydroxylation is 1. The van der Waals surface area contributed by atoms with Gasteiger partial charge in [0.1, 0.15) is 5.82 Å². The van der Waals surface area contributed by atoms with E-state index >= 15 is 0 Å². The van der Waals surface area contributed by atoms with Crippen molar-refractivity contribution in [3.63, 3.8) is 0 Å². The SMILES string of the molecule is O=C(O)c1ccc(CCC(=O)N2CCc3cccc(F)c3C2)cc1. The van der Waals surface area contributed by atoms with Crippen LogP contribution in [0.4, 0.5) is 4.39 Å². The van der Waals surface area contributed by atoms with Crippen LogP contribution in [0.5, 0.6) is 0 Å². The fraction of sp³-hybridized carbons (Fsp3) is 0.263. The first-order chi connectivity index (χ1) is 11.5. The molecule has 0 unspecified atom stereocenters. The minimum absolute atomic E-state index is 0.00814. The number of carboxylic acid groups (broad SMARTS) is 1. The van der Waals surface area contributed by atoms with Crippen molar-refractivity contribution in [3.05, 3.63) is 70.5 Å². The Morgan fingerprint density at radius 3 is 2.58 bits per heavy atom. The Balaban J connectivity index is 1.60. The highest BCUT2D eigenvalue weighted by Crippen LogP contribution is 2.22. The molecule has 24 heavy (non-hydrogen) atoms. The Hall–Kier alpha value is -2.69. The third-order valence-electron chi connectivity index (χ3n) is 4.40. The van der Waals surface area contributed by atoms with E-state index in [0.717, 1.165) is 11.1 Å². The maximum atomic E-state index is 13.9. The summed E-state index contributed by atoms with van der Waals surface area (Å²) in [7, 11) is 0. The van der Waals surface area contributed by atoms with E-state index in [1.54, 1.807) is 23.1 Å². The highest BCUT2D eigenvalue weighted by Gasteiger charge is 2.22. The molecule has 1 aliphatic heterocycles. The van der Waals surface area contributed by atoms with Gasteiger partial charge in [-0.2, -0.15) is 0 Å². The molecule has 4 nitrogen and oxygen atoms in total. The van der Waals surface area contributed by atoms with Gasteiger partial charge >= 0.3 is 5.97 Å². The summed E-state index contributed by atoms with van der Waals surface area (Å²) >= 11 is 0. The second kappa shape index (κ2) is 6.83. The van der Waals surface area contributed by atoms with Crippen molar-refractivity contribution in [2.75, 3.05) is 6.54 Å². The van der Waals surface area contributed by atoms with Gasteiger partial charge in [0.2, 0.25) is 5.91 Å². The first-order valence-electron chi connectivity index (χ1n) is 7.91. The molecule has 3 rings (SSSR count). The van der Waals surface area contributed by atoms with Gasteiger partial charge in [-0.25, -0.2) is 9.18 Å². The summed E-state index contributed by atoms with van der Waals surface area (Å²) < 4.78 is 13.9. The number of hydrogen-bond acceptors (Lipinski definition) is 2. The van der Waals surface area contributed by atoms with E-state index in [1.807, 2.05) is 6.07 Å². The predicted molar refractivity (Wildman–Crippen MR) is 87.2 cm³/mol. The Bertz CT molecular complexity index is 771. The zero-order valence-corrected chi connectivity index (χ0v) is 13.2. The Morgan fingerprint density at radius 1 is 1.12 bits per heavy atom. The molecule has 0 radical (unpaired) electrons. The summed E-state index contributed by atoms with van der Waals surface area (Å²) in [5, 5.41) is 8.88. The molecule has 0 saturated carbocycles. The minimum Gasteiger partial charge on any atom is -0.478 e. The molecule has 0 aromatic heterocycles. The molecule has 124 valence electrons. The zero-order valence-electron chi connectivity index (χ0n) is 13.2. The highest BCUT2D eigenvalue weighted by atomic mass is 19.1. The Labute approximate surface area is 139 Å². The van der Waals surface area contributed by atoms with Crippen LogP contribution in [0.3, 0.4) is 0 Å². The first kappa shape index (κ1) is 16.2. The van der Waals surface area contributed by atoms with Gasteiger partial charge in [0.15, 0.2) is 0 Å². The van der Waals surface area contributed by atoms with Gasteiger partial charge in [-0.05, 0) is 42.2 Å². The number of carboxylic acids is 1. The van der Waals surface area contributed by atoms with Gasteiger partial charge in [-0.3, -0.25) is 4.79 Å². The van der Waals surface area contributed by atoms with Crippen molar-refractivity contribution < 1.29 is 19.1 Å². The fourth-order valence-electron chi connectivity index (χ4n) is 2.98. The van der Waals surface area contributed by atoms with Crippen LogP contribution in [0.1, 0.15) is 33.5 Å². The maximum absolute atomic E-state index is 13.9. The average molecular weight is 327 g/mol. The molecule has 0 spiro atoms. The number of carbonyl (C=O) groups is 2. The van der Waals surface area contributed by atoms with Crippen LogP contribution >= 0.6 is 0 Å². The summed E-state index contributed by atoms with van der Waals surface area (Å²) in [6.07, 6.45) is 1.54. The molecular weight excluding hydrogens is 309 g/mol. The molecular formula is C19H18FNO3. The van der Waals surface area contributed by atoms with E-state index in [-0.39, 0.29) is 17.3 Å². The van der Waals surface area contributed by atoms with Crippen LogP contribution in [-0.4, -0.2) is 28.4 Å². The molecule has 0 saturated heterocycles. The van der Waals surface area contributed by atoms with E-state index in [4.69, 9.17) is 5.11 Å². The monoisotopic (exact) mass is 327 g/mol. The van der Waals surface area contributed by atoms with E-state index in [9.17, 15) is 14.0 Å². The number of nitrogens with zero attached hydrogens (tertiary/aromatic N) is 1. The van der Waals surface area contributed by atoms with Crippen LogP contribution in [-0.2, 0) is 24.2 Å². The quantitative estimate of drug-likeness (QED) is 0.939. The van der Waals surface area contributed by atoms with Crippen LogP contribution in [0.25, 0.3) is 0 Å². The summed E-state index contributed by atoms with van der Waals surface area (Å²) in [5.74, 6) is -1.23. The van der Waals surface area contributed by atoms with Crippen molar-refractivity contribution in [2.24, 2.45) is 0 Å². The minimum atomic E-state index is -0.966. The van der Waals surface area contributed by atoms with E-state index < -0.39 is 5.97 Å². The van der Waals surface area contributed by atoms with Gasteiger partial charge in [-0.1, -0.05) is 24.3 Å². The lowest BCUT2D eigenvalue weighted by Gasteiger charge is -2.29. The molecule has 0 bridgehead atoms. The summed E-state index contributed by atoms with van der Waals surface area (Å²) in [6.45, 7) is 0.923. The van der Waals surface area contributed by atoms with Crippen molar-refractivity contribution in [1.29, 1.82) is 0 Å². The molecule has 0 fully saturated rings. The number of halogens is 1. The molecule has 2 aromatic carbocycles. The van der Waals surface area contributed by atoms with Gasteiger partial charge in [0, 0.05) is 25.1 Å². The Kier molecular flexibility index (Phi) is 4.60. The Morgan fingerprint density at radius 2 is 1.88 bits per heavy atom. The van der Waals surface area contributed by atoms with Crippen LogP contribution < -0.4 is 0 Å². The largest absolute Gasteiger partial charge is 0.478 e. The normalized spacial score (nSPS) is 13.5. The smallest absolute Gasteiger partial charge is 0.335 e. The van der Waals surface area contributed by atoms with Gasteiger partial charge < -0.3 is 10.0 Å². The molecule has 0 aliphatic carbocycles. The highest BCUT2D eigenvalue weighted by molar-refractivity contribution is 5.87. The summed E-state index contributed by atoms with van der Waals surface area (Å²) in [6, 6.07) is 11.6. The lowest BCUT2D eigenvalue weighted by Crippen LogP contribution is -2.36. The predicted octanol–water partition coefficient (Wildman–Crippen LogP) is 3.04. The van der Waals surface area contributed by atoms with Crippen LogP contribution in [0.2, 0.25) is 0 Å². The lowest BCUT2D eigenvalue weighted by atomic mass is 9.98. The number of carbonyl (C=O) groups excluding carboxylic acids is 1. The van der Waals surface area contributed by atoms with Crippen molar-refractivity contribution in [3.8, 4) is 0 Å². The standard InChI is InChI=1S/C19H18FNO3/c20-17-3-1-2-14-10-11-21(12-16(14)17)18(22)9-6-13-4-7-15(8-5-13)19(23)24/h1-5,7-8H,6,9-12H2,(H,23,24). The average Bonchev–Trinajstić information content (AvgIpc) is 2.60. The molecule has 1 N–H and O–H groups in total. The molecule has 2 aromatic rings. The van der Waals surface area contributed by atoms with Crippen LogP contribution in [0.15, 0.2) is 42.5 Å². The number of rotatable bonds is 4. The number of aromatic carboxylic acids is 1. The second-order valence-corrected chi connectivity index (χ2v) is 5.94. The van der Waals surface area contributed by atoms with E-state index in [0.29, 0.717) is 37.9 Å². The van der Waals surface area contributed by atoms with E-state index in [1.165, 1.54) is 18.2 Å². The van der Waals surface area contributed by atoms with Crippen molar-refractivity contribution in [1.82, 2.24) is 4.90 Å². The molecule has 0 atom stereocenters. The van der Waals surface area contributed by atoms with Crippen molar-refractivity contribution in [2.45, 2.75) is 25.8 Å². The zero-order chi connectivity index (χ0) is 17.1. The molecule has 1 aliphatic rings. The lowest BCUT2D eigenvalue weighted by molar-refractivity contribution is -0.132. The van der Waals surface area contributed by atoms with Crippen molar-refractivity contribution >= 4 is 11.9 Å². The number of benzene rings is 2. The van der Waals surface area contributed by atoms with Gasteiger partial charge in [0.25, 0.3) is 0 Å². The maximum Gasteiger partial charge on any atom is 0.335 e. The fourth-order valence-corrected chi connectivity index (χ4v) is 2.98.